The quantitative estimate of drug-likeness (QED) is 0.386. The van der Waals surface area contributed by atoms with Crippen LogP contribution in [-0.4, -0.2) is 28.9 Å². The minimum atomic E-state index is -1.58. The highest BCUT2D eigenvalue weighted by Crippen LogP contribution is 2.61. The first-order chi connectivity index (χ1) is 18.9. The van der Waals surface area contributed by atoms with Gasteiger partial charge in [-0.05, 0) is 97.3 Å². The Hall–Kier alpha value is -1.50. The molecule has 0 radical (unpaired) electrons. The summed E-state index contributed by atoms with van der Waals surface area (Å²) in [5.41, 5.74) is 4.71. The van der Waals surface area contributed by atoms with Crippen LogP contribution in [0.4, 0.5) is 8.78 Å². The van der Waals surface area contributed by atoms with Gasteiger partial charge in [0.25, 0.3) is 0 Å². The van der Waals surface area contributed by atoms with Crippen molar-refractivity contribution in [2.45, 2.75) is 123 Å². The first-order valence-electron chi connectivity index (χ1n) is 15.5. The van der Waals surface area contributed by atoms with E-state index in [0.717, 1.165) is 59.7 Å². The molecule has 6 heteroatoms. The molecule has 3 aliphatic rings. The molecule has 2 aliphatic carbocycles. The number of aliphatic hydroxyl groups is 1. The number of pyridine rings is 1. The number of aliphatic hydroxyl groups excluding tert-OH is 1. The SMILES string of the molecule is CC(C)c1nc2c(c3c1C(c1cc(F)c(S(C)(C)C)c(F)c1)OC31CCCC1C)C(O)CC(C)(C)C2.CCC(C)C. The lowest BCUT2D eigenvalue weighted by molar-refractivity contribution is -0.0843. The van der Waals surface area contributed by atoms with Gasteiger partial charge in [-0.15, -0.1) is 0 Å². The summed E-state index contributed by atoms with van der Waals surface area (Å²) < 4.78 is 37.9. The van der Waals surface area contributed by atoms with Crippen LogP contribution in [0, 0.1) is 28.9 Å². The van der Waals surface area contributed by atoms with E-state index in [1.807, 2.05) is 18.8 Å². The van der Waals surface area contributed by atoms with Gasteiger partial charge in [-0.3, -0.25) is 4.98 Å². The van der Waals surface area contributed by atoms with Crippen molar-refractivity contribution in [2.75, 3.05) is 18.8 Å². The summed E-state index contributed by atoms with van der Waals surface area (Å²) in [6.45, 7) is 17.5. The fourth-order valence-electron chi connectivity index (χ4n) is 7.06. The minimum absolute atomic E-state index is 0.0490. The molecule has 5 rings (SSSR count). The van der Waals surface area contributed by atoms with Crippen LogP contribution >= 0.6 is 10.0 Å². The molecular weight excluding hydrogens is 536 g/mol. The van der Waals surface area contributed by atoms with E-state index < -0.39 is 39.5 Å². The normalized spacial score (nSPS) is 27.2. The maximum atomic E-state index is 15.4. The van der Waals surface area contributed by atoms with Gasteiger partial charge in [0.2, 0.25) is 0 Å². The van der Waals surface area contributed by atoms with E-state index >= 15 is 8.78 Å². The predicted octanol–water partition coefficient (Wildman–Crippen LogP) is 9.73. The second-order valence-corrected chi connectivity index (χ2v) is 19.1. The van der Waals surface area contributed by atoms with Crippen molar-refractivity contribution in [1.29, 1.82) is 0 Å². The van der Waals surface area contributed by atoms with E-state index in [2.05, 4.69) is 55.4 Å². The molecule has 1 saturated carbocycles. The Kier molecular flexibility index (Phi) is 9.12. The van der Waals surface area contributed by atoms with E-state index in [-0.39, 0.29) is 22.1 Å². The molecule has 4 unspecified atom stereocenters. The molecule has 1 aliphatic heterocycles. The second kappa shape index (κ2) is 11.5. The van der Waals surface area contributed by atoms with Crippen molar-refractivity contribution in [3.8, 4) is 0 Å². The molecular formula is C35H53F2NO2S. The van der Waals surface area contributed by atoms with Crippen LogP contribution < -0.4 is 0 Å². The van der Waals surface area contributed by atoms with Gasteiger partial charge in [-0.2, -0.15) is 0 Å². The fraction of sp³-hybridized carbons (Fsp3) is 0.686. The Morgan fingerprint density at radius 3 is 2.12 bits per heavy atom. The highest BCUT2D eigenvalue weighted by molar-refractivity contribution is 8.32. The van der Waals surface area contributed by atoms with Gasteiger partial charge in [0.1, 0.15) is 17.7 Å². The summed E-state index contributed by atoms with van der Waals surface area (Å²) in [4.78, 5) is 5.34. The maximum Gasteiger partial charge on any atom is 0.138 e. The summed E-state index contributed by atoms with van der Waals surface area (Å²) in [5.74, 6) is 0.226. The summed E-state index contributed by atoms with van der Waals surface area (Å²) in [7, 11) is -1.58. The number of hydrogen-bond acceptors (Lipinski definition) is 3. The minimum Gasteiger partial charge on any atom is -0.388 e. The molecule has 0 saturated heterocycles. The number of fused-ring (bicyclic) bond motifs is 4. The van der Waals surface area contributed by atoms with Crippen LogP contribution in [0.3, 0.4) is 0 Å². The van der Waals surface area contributed by atoms with E-state index in [9.17, 15) is 5.11 Å². The smallest absolute Gasteiger partial charge is 0.138 e. The number of ether oxygens (including phenoxy) is 1. The topological polar surface area (TPSA) is 42.4 Å². The first kappa shape index (κ1) is 32.4. The van der Waals surface area contributed by atoms with Gasteiger partial charge >= 0.3 is 0 Å². The second-order valence-electron chi connectivity index (χ2n) is 15.0. The van der Waals surface area contributed by atoms with Crippen molar-refractivity contribution >= 4 is 10.0 Å². The van der Waals surface area contributed by atoms with Crippen molar-refractivity contribution < 1.29 is 18.6 Å². The van der Waals surface area contributed by atoms with Crippen molar-refractivity contribution in [1.82, 2.24) is 4.98 Å². The van der Waals surface area contributed by atoms with Crippen molar-refractivity contribution in [2.24, 2.45) is 17.3 Å². The molecule has 0 bridgehead atoms. The Morgan fingerprint density at radius 2 is 1.66 bits per heavy atom. The highest BCUT2D eigenvalue weighted by atomic mass is 32.3. The lowest BCUT2D eigenvalue weighted by Gasteiger charge is -2.39. The molecule has 0 amide bonds. The van der Waals surface area contributed by atoms with E-state index in [1.165, 1.54) is 18.6 Å². The zero-order valence-corrected chi connectivity index (χ0v) is 28.1. The van der Waals surface area contributed by atoms with Crippen molar-refractivity contribution in [3.05, 3.63) is 57.4 Å². The fourth-order valence-corrected chi connectivity index (χ4v) is 8.35. The van der Waals surface area contributed by atoms with Crippen molar-refractivity contribution in [3.63, 3.8) is 0 Å². The zero-order chi connectivity index (χ0) is 30.7. The standard InChI is InChI=1S/C30H41F2NO2S.C5H12/c1-16(2)26-24-25(23-21(33-26)14-29(4,5)15-22(23)34)30(11-9-10-17(30)3)35-27(24)18-12-19(31)28(20(32)13-18)36(6,7)8;1-4-5(2)3/h12-13,16-17,22,27,34H,9-11,14-15H2,1-8H3;5H,4H2,1-3H3. The molecule has 1 aromatic heterocycles. The van der Waals surface area contributed by atoms with Gasteiger partial charge in [0, 0.05) is 22.5 Å². The lowest BCUT2D eigenvalue weighted by atomic mass is 9.69. The number of halogens is 2. The van der Waals surface area contributed by atoms with Crippen LogP contribution in [0.5, 0.6) is 0 Å². The Morgan fingerprint density at radius 1 is 1.07 bits per heavy atom. The van der Waals surface area contributed by atoms with Crippen LogP contribution in [0.1, 0.15) is 139 Å². The average Bonchev–Trinajstić information content (AvgIpc) is 3.37. The number of hydrogen-bond donors (Lipinski definition) is 1. The predicted molar refractivity (Wildman–Crippen MR) is 168 cm³/mol. The van der Waals surface area contributed by atoms with E-state index in [4.69, 9.17) is 9.72 Å². The van der Waals surface area contributed by atoms with Crippen LogP contribution in [0.25, 0.3) is 0 Å². The summed E-state index contributed by atoms with van der Waals surface area (Å²) in [6, 6.07) is 2.96. The van der Waals surface area contributed by atoms with Crippen LogP contribution in [-0.2, 0) is 16.8 Å². The molecule has 4 atom stereocenters. The third kappa shape index (κ3) is 5.99. The van der Waals surface area contributed by atoms with Gasteiger partial charge in [-0.25, -0.2) is 18.8 Å². The summed E-state index contributed by atoms with van der Waals surface area (Å²) in [6.07, 6.45) is 10.1. The average molecular weight is 590 g/mol. The van der Waals surface area contributed by atoms with Gasteiger partial charge in [-0.1, -0.05) is 61.8 Å². The molecule has 41 heavy (non-hydrogen) atoms. The van der Waals surface area contributed by atoms with Crippen LogP contribution in [0.15, 0.2) is 17.0 Å². The Balaban J connectivity index is 0.000000714. The Labute approximate surface area is 249 Å². The number of aromatic nitrogens is 1. The molecule has 1 aromatic carbocycles. The monoisotopic (exact) mass is 589 g/mol. The Bertz CT molecular complexity index is 1260. The molecule has 1 spiro atoms. The molecule has 1 fully saturated rings. The first-order valence-corrected chi connectivity index (χ1v) is 18.4. The third-order valence-corrected chi connectivity index (χ3v) is 11.0. The summed E-state index contributed by atoms with van der Waals surface area (Å²) >= 11 is 0. The highest BCUT2D eigenvalue weighted by Gasteiger charge is 2.55. The summed E-state index contributed by atoms with van der Waals surface area (Å²) in [5, 5.41) is 11.5. The molecule has 230 valence electrons. The lowest BCUT2D eigenvalue weighted by Crippen LogP contribution is -2.34. The maximum absolute atomic E-state index is 15.4. The number of nitrogens with zero attached hydrogens (tertiary/aromatic N) is 1. The van der Waals surface area contributed by atoms with E-state index in [1.54, 1.807) is 0 Å². The van der Waals surface area contributed by atoms with Gasteiger partial charge < -0.3 is 9.84 Å². The van der Waals surface area contributed by atoms with Gasteiger partial charge in [0.15, 0.2) is 0 Å². The largest absolute Gasteiger partial charge is 0.388 e. The number of rotatable bonds is 4. The zero-order valence-electron chi connectivity index (χ0n) is 27.3. The van der Waals surface area contributed by atoms with E-state index in [0.29, 0.717) is 12.0 Å². The third-order valence-electron chi connectivity index (χ3n) is 9.40. The molecule has 2 heterocycles. The molecule has 3 nitrogen and oxygen atoms in total. The van der Waals surface area contributed by atoms with Crippen LogP contribution in [0.2, 0.25) is 0 Å². The molecule has 2 aromatic rings. The van der Waals surface area contributed by atoms with Gasteiger partial charge in [0.05, 0.1) is 16.6 Å². The molecule has 1 N–H and O–H groups in total. The number of benzene rings is 1.